The molecule has 1 N–H and O–H groups in total. The Morgan fingerprint density at radius 3 is 2.89 bits per heavy atom. The molecule has 0 saturated carbocycles. The zero-order valence-corrected chi connectivity index (χ0v) is 11.7. The first kappa shape index (κ1) is 13.5. The van der Waals surface area contributed by atoms with Gasteiger partial charge in [-0.05, 0) is 37.6 Å². The third-order valence-electron chi connectivity index (χ3n) is 3.75. The Bertz CT molecular complexity index is 365. The Hall–Kier alpha value is -0.930. The van der Waals surface area contributed by atoms with E-state index >= 15 is 0 Å². The van der Waals surface area contributed by atoms with Crippen molar-refractivity contribution in [2.24, 2.45) is 5.92 Å². The minimum Gasteiger partial charge on any atom is -0.311 e. The summed E-state index contributed by atoms with van der Waals surface area (Å²) in [6, 6.07) is 6.38. The van der Waals surface area contributed by atoms with Crippen molar-refractivity contribution < 1.29 is 0 Å². The van der Waals surface area contributed by atoms with Crippen LogP contribution in [-0.4, -0.2) is 29.5 Å². The van der Waals surface area contributed by atoms with Gasteiger partial charge in [0.25, 0.3) is 0 Å². The fraction of sp³-hybridized carbons (Fsp3) is 0.667. The molecule has 100 valence electrons. The molecule has 3 nitrogen and oxygen atoms in total. The number of aromatic nitrogens is 1. The molecular weight excluding hydrogens is 222 g/mol. The number of pyridine rings is 1. The van der Waals surface area contributed by atoms with Gasteiger partial charge in [0.05, 0.1) is 11.4 Å². The van der Waals surface area contributed by atoms with E-state index in [-0.39, 0.29) is 0 Å². The number of hydrogen-bond acceptors (Lipinski definition) is 3. The average Bonchev–Trinajstić information content (AvgIpc) is 2.84. The van der Waals surface area contributed by atoms with Gasteiger partial charge in [-0.3, -0.25) is 9.88 Å². The summed E-state index contributed by atoms with van der Waals surface area (Å²) in [4.78, 5) is 7.26. The van der Waals surface area contributed by atoms with E-state index in [4.69, 9.17) is 4.98 Å². The zero-order chi connectivity index (χ0) is 12.8. The fourth-order valence-corrected chi connectivity index (χ4v) is 2.59. The van der Waals surface area contributed by atoms with Crippen molar-refractivity contribution >= 4 is 0 Å². The van der Waals surface area contributed by atoms with Crippen LogP contribution in [0.2, 0.25) is 0 Å². The Morgan fingerprint density at radius 1 is 1.33 bits per heavy atom. The largest absolute Gasteiger partial charge is 0.311 e. The molecule has 18 heavy (non-hydrogen) atoms. The lowest BCUT2D eigenvalue weighted by molar-refractivity contribution is 0.311. The molecule has 1 aromatic heterocycles. The van der Waals surface area contributed by atoms with E-state index in [1.54, 1.807) is 0 Å². The summed E-state index contributed by atoms with van der Waals surface area (Å²) in [5.41, 5.74) is 2.36. The molecule has 1 aromatic rings. The van der Waals surface area contributed by atoms with Gasteiger partial charge in [0.15, 0.2) is 0 Å². The second-order valence-electron chi connectivity index (χ2n) is 5.20. The van der Waals surface area contributed by atoms with Gasteiger partial charge in [0.1, 0.15) is 0 Å². The topological polar surface area (TPSA) is 28.2 Å². The van der Waals surface area contributed by atoms with Crippen LogP contribution in [0.15, 0.2) is 18.2 Å². The van der Waals surface area contributed by atoms with Gasteiger partial charge in [-0.25, -0.2) is 0 Å². The van der Waals surface area contributed by atoms with Gasteiger partial charge < -0.3 is 5.32 Å². The lowest BCUT2D eigenvalue weighted by Crippen LogP contribution is -2.21. The molecule has 3 heteroatoms. The molecule has 1 fully saturated rings. The van der Waals surface area contributed by atoms with Crippen LogP contribution >= 0.6 is 0 Å². The summed E-state index contributed by atoms with van der Waals surface area (Å²) in [6.07, 6.45) is 2.66. The van der Waals surface area contributed by atoms with Crippen LogP contribution in [0, 0.1) is 5.92 Å². The van der Waals surface area contributed by atoms with Crippen LogP contribution in [0.1, 0.15) is 38.1 Å². The number of likely N-dealkylation sites (tertiary alicyclic amines) is 1. The molecule has 1 saturated heterocycles. The van der Waals surface area contributed by atoms with Gasteiger partial charge in [-0.2, -0.15) is 0 Å². The maximum absolute atomic E-state index is 4.72. The quantitative estimate of drug-likeness (QED) is 0.837. The maximum atomic E-state index is 4.72. The van der Waals surface area contributed by atoms with E-state index in [0.29, 0.717) is 0 Å². The van der Waals surface area contributed by atoms with Crippen molar-refractivity contribution in [2.45, 2.75) is 39.8 Å². The number of rotatable bonds is 6. The first-order valence-corrected chi connectivity index (χ1v) is 7.19. The Kier molecular flexibility index (Phi) is 5.14. The normalized spacial score (nSPS) is 20.4. The summed E-state index contributed by atoms with van der Waals surface area (Å²) < 4.78 is 0. The van der Waals surface area contributed by atoms with Gasteiger partial charge in [0, 0.05) is 19.6 Å². The van der Waals surface area contributed by atoms with Crippen LogP contribution in [0.25, 0.3) is 0 Å². The van der Waals surface area contributed by atoms with Gasteiger partial charge in [0.2, 0.25) is 0 Å². The third kappa shape index (κ3) is 3.79. The molecule has 1 aliphatic heterocycles. The van der Waals surface area contributed by atoms with Crippen LogP contribution in [0.4, 0.5) is 0 Å². The minimum atomic E-state index is 0.877. The number of nitrogens with zero attached hydrogens (tertiary/aromatic N) is 2. The highest BCUT2D eigenvalue weighted by molar-refractivity contribution is 5.11. The predicted molar refractivity (Wildman–Crippen MR) is 75.3 cm³/mol. The predicted octanol–water partition coefficient (Wildman–Crippen LogP) is 2.42. The summed E-state index contributed by atoms with van der Waals surface area (Å²) >= 11 is 0. The molecule has 0 amide bonds. The molecule has 1 unspecified atom stereocenters. The molecule has 0 radical (unpaired) electrons. The van der Waals surface area contributed by atoms with Gasteiger partial charge in [-0.1, -0.05) is 26.3 Å². The molecule has 2 rings (SSSR count). The molecular formula is C15H25N3. The number of hydrogen-bond donors (Lipinski definition) is 1. The van der Waals surface area contributed by atoms with E-state index < -0.39 is 0 Å². The van der Waals surface area contributed by atoms with Crippen LogP contribution in [0.5, 0.6) is 0 Å². The number of nitrogens with one attached hydrogen (secondary N) is 1. The smallest absolute Gasteiger partial charge is 0.0547 e. The Labute approximate surface area is 111 Å². The summed E-state index contributed by atoms with van der Waals surface area (Å²) in [5, 5.41) is 3.33. The summed E-state index contributed by atoms with van der Waals surface area (Å²) in [7, 11) is 0. The molecule has 1 aliphatic rings. The highest BCUT2D eigenvalue weighted by atomic mass is 15.1. The fourth-order valence-electron chi connectivity index (χ4n) is 2.59. The van der Waals surface area contributed by atoms with E-state index in [9.17, 15) is 0 Å². The van der Waals surface area contributed by atoms with E-state index in [2.05, 4.69) is 42.3 Å². The molecule has 0 bridgehead atoms. The lowest BCUT2D eigenvalue weighted by Gasteiger charge is -2.15. The molecule has 0 aliphatic carbocycles. The second-order valence-corrected chi connectivity index (χ2v) is 5.20. The van der Waals surface area contributed by atoms with Gasteiger partial charge >= 0.3 is 0 Å². The van der Waals surface area contributed by atoms with Crippen LogP contribution in [0.3, 0.4) is 0 Å². The molecule has 2 heterocycles. The summed E-state index contributed by atoms with van der Waals surface area (Å²) in [6.45, 7) is 9.78. The van der Waals surface area contributed by atoms with E-state index in [1.165, 1.54) is 31.6 Å². The Morgan fingerprint density at radius 2 is 2.17 bits per heavy atom. The monoisotopic (exact) mass is 247 g/mol. The molecule has 1 atom stereocenters. The third-order valence-corrected chi connectivity index (χ3v) is 3.75. The van der Waals surface area contributed by atoms with E-state index in [0.717, 1.165) is 31.2 Å². The van der Waals surface area contributed by atoms with E-state index in [1.807, 2.05) is 0 Å². The van der Waals surface area contributed by atoms with Crippen molar-refractivity contribution in [3.8, 4) is 0 Å². The first-order chi connectivity index (χ1) is 8.81. The van der Waals surface area contributed by atoms with Crippen molar-refractivity contribution in [1.82, 2.24) is 15.2 Å². The SMILES string of the molecule is CCNCc1cccc(CN2CCC(CC)C2)n1. The van der Waals surface area contributed by atoms with Crippen molar-refractivity contribution in [1.29, 1.82) is 0 Å². The second kappa shape index (κ2) is 6.86. The molecule has 0 spiro atoms. The zero-order valence-electron chi connectivity index (χ0n) is 11.7. The van der Waals surface area contributed by atoms with Crippen LogP contribution in [-0.2, 0) is 13.1 Å². The molecule has 0 aromatic carbocycles. The standard InChI is InChI=1S/C15H25N3/c1-3-13-8-9-18(11-13)12-15-7-5-6-14(17-15)10-16-4-2/h5-7,13,16H,3-4,8-12H2,1-2H3. The highest BCUT2D eigenvalue weighted by Crippen LogP contribution is 2.20. The maximum Gasteiger partial charge on any atom is 0.0547 e. The summed E-state index contributed by atoms with van der Waals surface area (Å²) in [5.74, 6) is 0.898. The average molecular weight is 247 g/mol. The first-order valence-electron chi connectivity index (χ1n) is 7.19. The van der Waals surface area contributed by atoms with Crippen molar-refractivity contribution in [3.05, 3.63) is 29.6 Å². The lowest BCUT2D eigenvalue weighted by atomic mass is 10.1. The van der Waals surface area contributed by atoms with Gasteiger partial charge in [-0.15, -0.1) is 0 Å². The minimum absolute atomic E-state index is 0.877. The highest BCUT2D eigenvalue weighted by Gasteiger charge is 2.20. The van der Waals surface area contributed by atoms with Crippen molar-refractivity contribution in [2.75, 3.05) is 19.6 Å². The van der Waals surface area contributed by atoms with Crippen molar-refractivity contribution in [3.63, 3.8) is 0 Å². The van der Waals surface area contributed by atoms with Crippen LogP contribution < -0.4 is 5.32 Å². The Balaban J connectivity index is 1.89.